The van der Waals surface area contributed by atoms with Crippen LogP contribution in [0.4, 0.5) is 0 Å². The van der Waals surface area contributed by atoms with Crippen LogP contribution in [-0.4, -0.2) is 18.0 Å². The summed E-state index contributed by atoms with van der Waals surface area (Å²) in [4.78, 5) is 5.00. The second-order valence-electron chi connectivity index (χ2n) is 3.58. The third kappa shape index (κ3) is 3.10. The second kappa shape index (κ2) is 4.74. The quantitative estimate of drug-likeness (QED) is 0.802. The van der Waals surface area contributed by atoms with Crippen molar-refractivity contribution in [1.82, 2.24) is 4.90 Å². The summed E-state index contributed by atoms with van der Waals surface area (Å²) in [5.74, 6) is 0. The number of nitrogens with zero attached hydrogens (tertiary/aromatic N) is 1. The molecule has 1 heterocycles. The lowest BCUT2D eigenvalue weighted by Crippen LogP contribution is -2.25. The van der Waals surface area contributed by atoms with Gasteiger partial charge in [0.2, 0.25) is 0 Å². The van der Waals surface area contributed by atoms with E-state index in [0.29, 0.717) is 12.6 Å². The zero-order valence-electron chi connectivity index (χ0n) is 8.58. The molecule has 3 heteroatoms. The highest BCUT2D eigenvalue weighted by Gasteiger charge is 2.05. The van der Waals surface area contributed by atoms with Crippen LogP contribution in [0.25, 0.3) is 0 Å². The van der Waals surface area contributed by atoms with Gasteiger partial charge < -0.3 is 5.73 Å². The van der Waals surface area contributed by atoms with E-state index >= 15 is 0 Å². The maximum atomic E-state index is 5.55. The van der Waals surface area contributed by atoms with E-state index in [0.717, 1.165) is 6.54 Å². The molecule has 0 aliphatic heterocycles. The molecule has 1 rings (SSSR count). The van der Waals surface area contributed by atoms with E-state index in [1.54, 1.807) is 0 Å². The minimum atomic E-state index is 0.600. The first kappa shape index (κ1) is 10.7. The van der Waals surface area contributed by atoms with Crippen molar-refractivity contribution in [2.24, 2.45) is 5.73 Å². The Kier molecular flexibility index (Phi) is 3.90. The second-order valence-corrected chi connectivity index (χ2v) is 4.83. The van der Waals surface area contributed by atoms with Crippen molar-refractivity contribution in [3.8, 4) is 0 Å². The molecule has 0 atom stereocenters. The molecule has 0 saturated heterocycles. The number of nitrogens with two attached hydrogens (primary N) is 1. The minimum absolute atomic E-state index is 0.600. The molecule has 1 aromatic heterocycles. The van der Waals surface area contributed by atoms with Crippen LogP contribution in [0.2, 0.25) is 0 Å². The zero-order valence-corrected chi connectivity index (χ0v) is 9.40. The summed E-state index contributed by atoms with van der Waals surface area (Å²) in [6.07, 6.45) is 0. The van der Waals surface area contributed by atoms with E-state index in [-0.39, 0.29) is 0 Å². The fourth-order valence-electron chi connectivity index (χ4n) is 1.05. The monoisotopic (exact) mass is 198 g/mol. The first-order valence-corrected chi connectivity index (χ1v) is 5.43. The highest BCUT2D eigenvalue weighted by Crippen LogP contribution is 2.17. The van der Waals surface area contributed by atoms with Gasteiger partial charge in [0.1, 0.15) is 0 Å². The smallest absolute Gasteiger partial charge is 0.0327 e. The molecule has 13 heavy (non-hydrogen) atoms. The lowest BCUT2D eigenvalue weighted by atomic mass is 10.3. The van der Waals surface area contributed by atoms with Gasteiger partial charge in [-0.2, -0.15) is 0 Å². The van der Waals surface area contributed by atoms with Crippen LogP contribution in [0, 0.1) is 0 Å². The SMILES string of the molecule is CC(C)N(C)Cc1ccc(CN)s1. The molecular formula is C10H18N2S. The fraction of sp³-hybridized carbons (Fsp3) is 0.600. The Hall–Kier alpha value is -0.380. The molecule has 0 radical (unpaired) electrons. The maximum Gasteiger partial charge on any atom is 0.0327 e. The predicted molar refractivity (Wildman–Crippen MR) is 58.8 cm³/mol. The molecule has 0 aliphatic rings. The molecule has 0 amide bonds. The highest BCUT2D eigenvalue weighted by atomic mass is 32.1. The normalized spacial score (nSPS) is 11.5. The van der Waals surface area contributed by atoms with Crippen LogP contribution < -0.4 is 5.73 Å². The Morgan fingerprint density at radius 3 is 2.46 bits per heavy atom. The molecule has 0 aliphatic carbocycles. The van der Waals surface area contributed by atoms with Crippen LogP contribution in [-0.2, 0) is 13.1 Å². The van der Waals surface area contributed by atoms with Crippen molar-refractivity contribution < 1.29 is 0 Å². The Labute approximate surface area is 84.4 Å². The topological polar surface area (TPSA) is 29.3 Å². The largest absolute Gasteiger partial charge is 0.326 e. The van der Waals surface area contributed by atoms with Crippen LogP contribution in [0.15, 0.2) is 12.1 Å². The van der Waals surface area contributed by atoms with E-state index in [1.807, 2.05) is 11.3 Å². The molecule has 0 unspecified atom stereocenters. The zero-order chi connectivity index (χ0) is 9.84. The Morgan fingerprint density at radius 2 is 2.00 bits per heavy atom. The first-order valence-electron chi connectivity index (χ1n) is 4.61. The highest BCUT2D eigenvalue weighted by molar-refractivity contribution is 7.11. The Balaban J connectivity index is 2.53. The third-order valence-corrected chi connectivity index (χ3v) is 3.30. The predicted octanol–water partition coefficient (Wildman–Crippen LogP) is 2.05. The van der Waals surface area contributed by atoms with Gasteiger partial charge in [-0.15, -0.1) is 11.3 Å². The van der Waals surface area contributed by atoms with Gasteiger partial charge >= 0.3 is 0 Å². The van der Waals surface area contributed by atoms with Crippen molar-refractivity contribution in [1.29, 1.82) is 0 Å². The van der Waals surface area contributed by atoms with Gasteiger partial charge in [-0.1, -0.05) is 0 Å². The third-order valence-electron chi connectivity index (χ3n) is 2.21. The summed E-state index contributed by atoms with van der Waals surface area (Å²) >= 11 is 1.81. The van der Waals surface area contributed by atoms with Crippen molar-refractivity contribution in [2.45, 2.75) is 33.0 Å². The van der Waals surface area contributed by atoms with E-state index in [2.05, 4.69) is 37.9 Å². The number of hydrogen-bond acceptors (Lipinski definition) is 3. The van der Waals surface area contributed by atoms with Crippen LogP contribution >= 0.6 is 11.3 Å². The van der Waals surface area contributed by atoms with E-state index < -0.39 is 0 Å². The van der Waals surface area contributed by atoms with E-state index in [9.17, 15) is 0 Å². The summed E-state index contributed by atoms with van der Waals surface area (Å²) in [6, 6.07) is 4.89. The van der Waals surface area contributed by atoms with Gasteiger partial charge in [-0.25, -0.2) is 0 Å². The number of thiophene rings is 1. The van der Waals surface area contributed by atoms with Crippen LogP contribution in [0.1, 0.15) is 23.6 Å². The number of rotatable bonds is 4. The molecule has 74 valence electrons. The van der Waals surface area contributed by atoms with Gasteiger partial charge in [0.05, 0.1) is 0 Å². The van der Waals surface area contributed by atoms with Crippen molar-refractivity contribution in [3.05, 3.63) is 21.9 Å². The molecule has 0 fully saturated rings. The van der Waals surface area contributed by atoms with Gasteiger partial charge in [0.25, 0.3) is 0 Å². The average molecular weight is 198 g/mol. The van der Waals surface area contributed by atoms with Gasteiger partial charge in [-0.3, -0.25) is 4.90 Å². The first-order chi connectivity index (χ1) is 6.13. The lowest BCUT2D eigenvalue weighted by Gasteiger charge is -2.19. The van der Waals surface area contributed by atoms with E-state index in [1.165, 1.54) is 9.75 Å². The number of hydrogen-bond donors (Lipinski definition) is 1. The summed E-state index contributed by atoms with van der Waals surface area (Å²) in [6.45, 7) is 6.10. The summed E-state index contributed by atoms with van der Waals surface area (Å²) in [5.41, 5.74) is 5.55. The lowest BCUT2D eigenvalue weighted by molar-refractivity contribution is 0.268. The molecule has 0 spiro atoms. The molecule has 2 nitrogen and oxygen atoms in total. The molecule has 0 bridgehead atoms. The summed E-state index contributed by atoms with van der Waals surface area (Å²) < 4.78 is 0. The summed E-state index contributed by atoms with van der Waals surface area (Å²) in [5, 5.41) is 0. The molecule has 2 N–H and O–H groups in total. The van der Waals surface area contributed by atoms with Crippen molar-refractivity contribution >= 4 is 11.3 Å². The van der Waals surface area contributed by atoms with Crippen LogP contribution in [0.5, 0.6) is 0 Å². The Bertz CT molecular complexity index is 255. The van der Waals surface area contributed by atoms with Gasteiger partial charge in [-0.05, 0) is 33.0 Å². The Morgan fingerprint density at radius 1 is 1.38 bits per heavy atom. The average Bonchev–Trinajstić information content (AvgIpc) is 2.52. The minimum Gasteiger partial charge on any atom is -0.326 e. The molecule has 0 aromatic carbocycles. The standard InChI is InChI=1S/C10H18N2S/c1-8(2)12(3)7-10-5-4-9(6-11)13-10/h4-5,8H,6-7,11H2,1-3H3. The van der Waals surface area contributed by atoms with Gasteiger partial charge in [0, 0.05) is 28.9 Å². The van der Waals surface area contributed by atoms with Gasteiger partial charge in [0.15, 0.2) is 0 Å². The summed E-state index contributed by atoms with van der Waals surface area (Å²) in [7, 11) is 2.15. The molecular weight excluding hydrogens is 180 g/mol. The fourth-order valence-corrected chi connectivity index (χ4v) is 2.01. The van der Waals surface area contributed by atoms with Crippen molar-refractivity contribution in [2.75, 3.05) is 7.05 Å². The van der Waals surface area contributed by atoms with Crippen molar-refractivity contribution in [3.63, 3.8) is 0 Å². The maximum absolute atomic E-state index is 5.55. The van der Waals surface area contributed by atoms with Crippen LogP contribution in [0.3, 0.4) is 0 Å². The van der Waals surface area contributed by atoms with E-state index in [4.69, 9.17) is 5.73 Å². The molecule has 0 saturated carbocycles. The molecule has 1 aromatic rings.